The van der Waals surface area contributed by atoms with Gasteiger partial charge in [-0.2, -0.15) is 0 Å². The van der Waals surface area contributed by atoms with Crippen LogP contribution in [0.5, 0.6) is 0 Å². The van der Waals surface area contributed by atoms with Crippen molar-refractivity contribution in [2.24, 2.45) is 0 Å². The molecule has 2 rings (SSSR count). The van der Waals surface area contributed by atoms with E-state index in [4.69, 9.17) is 0 Å². The van der Waals surface area contributed by atoms with E-state index in [2.05, 4.69) is 15.0 Å². The minimum absolute atomic E-state index is 0.107. The van der Waals surface area contributed by atoms with E-state index in [0.717, 1.165) is 5.69 Å². The van der Waals surface area contributed by atoms with E-state index in [0.29, 0.717) is 11.4 Å². The lowest BCUT2D eigenvalue weighted by molar-refractivity contribution is 0.102. The van der Waals surface area contributed by atoms with Crippen molar-refractivity contribution in [2.45, 2.75) is 11.8 Å². The molecule has 2 N–H and O–H groups in total. The summed E-state index contributed by atoms with van der Waals surface area (Å²) in [5, 5.41) is 2.66. The highest BCUT2D eigenvalue weighted by molar-refractivity contribution is 7.89. The molecule has 0 atom stereocenters. The van der Waals surface area contributed by atoms with Gasteiger partial charge in [0, 0.05) is 11.3 Å². The number of sulfonamides is 1. The smallest absolute Gasteiger partial charge is 0.256 e. The van der Waals surface area contributed by atoms with Crippen molar-refractivity contribution in [3.63, 3.8) is 0 Å². The fourth-order valence-corrected chi connectivity index (χ4v) is 2.43. The van der Waals surface area contributed by atoms with Crippen LogP contribution in [-0.2, 0) is 10.0 Å². The molecule has 1 amide bonds. The van der Waals surface area contributed by atoms with Crippen LogP contribution in [0.4, 0.5) is 5.82 Å². The van der Waals surface area contributed by atoms with Gasteiger partial charge in [0.05, 0.1) is 4.90 Å². The van der Waals surface area contributed by atoms with Crippen molar-refractivity contribution in [1.29, 1.82) is 0 Å². The van der Waals surface area contributed by atoms with E-state index in [1.165, 1.54) is 31.3 Å². The maximum Gasteiger partial charge on any atom is 0.256 e. The number of aryl methyl sites for hydroxylation is 1. The molecule has 0 unspecified atom stereocenters. The number of hydrogen-bond acceptors (Lipinski definition) is 4. The lowest BCUT2D eigenvalue weighted by atomic mass is 10.2. The molecule has 0 saturated carbocycles. The van der Waals surface area contributed by atoms with Crippen LogP contribution in [0.15, 0.2) is 47.4 Å². The number of amides is 1. The minimum atomic E-state index is -3.50. The Kier molecular flexibility index (Phi) is 4.35. The van der Waals surface area contributed by atoms with Crippen molar-refractivity contribution in [3.05, 3.63) is 53.7 Å². The first-order valence-electron chi connectivity index (χ1n) is 6.21. The van der Waals surface area contributed by atoms with Gasteiger partial charge in [-0.1, -0.05) is 6.07 Å². The van der Waals surface area contributed by atoms with Crippen LogP contribution < -0.4 is 10.0 Å². The Morgan fingerprint density at radius 3 is 2.33 bits per heavy atom. The summed E-state index contributed by atoms with van der Waals surface area (Å²) < 4.78 is 25.4. The zero-order valence-electron chi connectivity index (χ0n) is 11.6. The summed E-state index contributed by atoms with van der Waals surface area (Å²) in [6, 6.07) is 11.0. The number of carbonyl (C=O) groups is 1. The number of benzene rings is 1. The highest BCUT2D eigenvalue weighted by Gasteiger charge is 2.12. The predicted octanol–water partition coefficient (Wildman–Crippen LogP) is 1.55. The normalized spacial score (nSPS) is 11.1. The second-order valence-electron chi connectivity index (χ2n) is 4.35. The van der Waals surface area contributed by atoms with Crippen LogP contribution in [0.1, 0.15) is 16.1 Å². The van der Waals surface area contributed by atoms with Gasteiger partial charge in [-0.3, -0.25) is 4.79 Å². The van der Waals surface area contributed by atoms with Gasteiger partial charge in [0.1, 0.15) is 5.82 Å². The Morgan fingerprint density at radius 2 is 1.76 bits per heavy atom. The lowest BCUT2D eigenvalue weighted by Crippen LogP contribution is -2.19. The quantitative estimate of drug-likeness (QED) is 0.897. The Balaban J connectivity index is 2.17. The third-order valence-electron chi connectivity index (χ3n) is 2.83. The molecular formula is C14H15N3O3S. The van der Waals surface area contributed by atoms with Gasteiger partial charge in [-0.05, 0) is 50.4 Å². The average Bonchev–Trinajstić information content (AvgIpc) is 2.47. The maximum absolute atomic E-state index is 12.0. The van der Waals surface area contributed by atoms with E-state index in [1.807, 2.05) is 13.0 Å². The minimum Gasteiger partial charge on any atom is -0.307 e. The van der Waals surface area contributed by atoms with Gasteiger partial charge >= 0.3 is 0 Å². The number of nitrogens with zero attached hydrogens (tertiary/aromatic N) is 1. The summed E-state index contributed by atoms with van der Waals surface area (Å²) in [6.45, 7) is 1.83. The van der Waals surface area contributed by atoms with Gasteiger partial charge in [-0.25, -0.2) is 18.1 Å². The van der Waals surface area contributed by atoms with Gasteiger partial charge in [0.25, 0.3) is 5.91 Å². The van der Waals surface area contributed by atoms with Crippen LogP contribution in [0.25, 0.3) is 0 Å². The number of anilines is 1. The molecular weight excluding hydrogens is 290 g/mol. The summed E-state index contributed by atoms with van der Waals surface area (Å²) in [7, 11) is -2.17. The first kappa shape index (κ1) is 15.1. The van der Waals surface area contributed by atoms with E-state index in [1.54, 1.807) is 12.1 Å². The molecule has 7 heteroatoms. The maximum atomic E-state index is 12.0. The van der Waals surface area contributed by atoms with Gasteiger partial charge in [0.15, 0.2) is 0 Å². The van der Waals surface area contributed by atoms with Gasteiger partial charge in [0.2, 0.25) is 10.0 Å². The zero-order chi connectivity index (χ0) is 15.5. The molecule has 110 valence electrons. The molecule has 0 bridgehead atoms. The lowest BCUT2D eigenvalue weighted by Gasteiger charge is -2.06. The molecule has 0 aliphatic heterocycles. The average molecular weight is 305 g/mol. The van der Waals surface area contributed by atoms with Crippen LogP contribution >= 0.6 is 0 Å². The van der Waals surface area contributed by atoms with Gasteiger partial charge in [-0.15, -0.1) is 0 Å². The van der Waals surface area contributed by atoms with E-state index in [-0.39, 0.29) is 10.8 Å². The topological polar surface area (TPSA) is 88.2 Å². The van der Waals surface area contributed by atoms with Crippen LogP contribution in [0.3, 0.4) is 0 Å². The van der Waals surface area contributed by atoms with Crippen molar-refractivity contribution >= 4 is 21.7 Å². The molecule has 2 aromatic rings. The van der Waals surface area contributed by atoms with Crippen molar-refractivity contribution in [3.8, 4) is 0 Å². The summed E-state index contributed by atoms with van der Waals surface area (Å²) in [5.74, 6) is 0.105. The highest BCUT2D eigenvalue weighted by Crippen LogP contribution is 2.12. The standard InChI is InChI=1S/C14H15N3O3S/c1-10-4-3-5-13(16-10)17-14(18)11-6-8-12(9-7-11)21(19,20)15-2/h3-9,15H,1-2H3,(H,16,17,18). The molecule has 6 nitrogen and oxygen atoms in total. The Labute approximate surface area is 123 Å². The zero-order valence-corrected chi connectivity index (χ0v) is 12.4. The number of carbonyl (C=O) groups excluding carboxylic acids is 1. The van der Waals surface area contributed by atoms with Crippen LogP contribution in [0.2, 0.25) is 0 Å². The fourth-order valence-electron chi connectivity index (χ4n) is 1.70. The molecule has 0 fully saturated rings. The van der Waals surface area contributed by atoms with Crippen molar-refractivity contribution < 1.29 is 13.2 Å². The molecule has 1 heterocycles. The summed E-state index contributed by atoms with van der Waals surface area (Å²) in [5.41, 5.74) is 1.15. The number of aromatic nitrogens is 1. The highest BCUT2D eigenvalue weighted by atomic mass is 32.2. The SMILES string of the molecule is CNS(=O)(=O)c1ccc(C(=O)Nc2cccc(C)n2)cc1. The Hall–Kier alpha value is -2.25. The van der Waals surface area contributed by atoms with Crippen LogP contribution in [-0.4, -0.2) is 26.4 Å². The second-order valence-corrected chi connectivity index (χ2v) is 6.24. The molecule has 0 radical (unpaired) electrons. The molecule has 0 spiro atoms. The number of pyridine rings is 1. The van der Waals surface area contributed by atoms with E-state index < -0.39 is 10.0 Å². The molecule has 21 heavy (non-hydrogen) atoms. The molecule has 0 aliphatic carbocycles. The molecule has 1 aromatic heterocycles. The van der Waals surface area contributed by atoms with Crippen molar-refractivity contribution in [2.75, 3.05) is 12.4 Å². The van der Waals surface area contributed by atoms with Gasteiger partial charge < -0.3 is 5.32 Å². The summed E-state index contributed by atoms with van der Waals surface area (Å²) in [4.78, 5) is 16.3. The summed E-state index contributed by atoms with van der Waals surface area (Å²) in [6.07, 6.45) is 0. The predicted molar refractivity (Wildman–Crippen MR) is 79.6 cm³/mol. The first-order valence-corrected chi connectivity index (χ1v) is 7.69. The fraction of sp³-hybridized carbons (Fsp3) is 0.143. The second kappa shape index (κ2) is 6.02. The molecule has 1 aromatic carbocycles. The third-order valence-corrected chi connectivity index (χ3v) is 4.26. The Morgan fingerprint density at radius 1 is 1.10 bits per heavy atom. The molecule has 0 saturated heterocycles. The number of nitrogens with one attached hydrogen (secondary N) is 2. The van der Waals surface area contributed by atoms with E-state index in [9.17, 15) is 13.2 Å². The monoisotopic (exact) mass is 305 g/mol. The number of rotatable bonds is 4. The summed E-state index contributed by atoms with van der Waals surface area (Å²) >= 11 is 0. The van der Waals surface area contributed by atoms with E-state index >= 15 is 0 Å². The Bertz CT molecular complexity index is 755. The van der Waals surface area contributed by atoms with Crippen molar-refractivity contribution in [1.82, 2.24) is 9.71 Å². The number of hydrogen-bond donors (Lipinski definition) is 2. The first-order chi connectivity index (χ1) is 9.92. The largest absolute Gasteiger partial charge is 0.307 e. The third kappa shape index (κ3) is 3.65. The molecule has 0 aliphatic rings. The van der Waals surface area contributed by atoms with Crippen LogP contribution in [0, 0.1) is 6.92 Å².